The van der Waals surface area contributed by atoms with E-state index in [4.69, 9.17) is 16.6 Å². The summed E-state index contributed by atoms with van der Waals surface area (Å²) in [6.07, 6.45) is 7.81. The molecule has 1 aliphatic carbocycles. The minimum atomic E-state index is -0.341. The van der Waals surface area contributed by atoms with E-state index in [0.29, 0.717) is 38.9 Å². The van der Waals surface area contributed by atoms with Gasteiger partial charge in [-0.2, -0.15) is 0 Å². The predicted molar refractivity (Wildman–Crippen MR) is 118 cm³/mol. The molecule has 150 valence electrons. The second-order valence-corrected chi connectivity index (χ2v) is 8.57. The van der Waals surface area contributed by atoms with Gasteiger partial charge in [-0.25, -0.2) is 9.37 Å². The van der Waals surface area contributed by atoms with Gasteiger partial charge in [0.2, 0.25) is 0 Å². The Morgan fingerprint density at radius 3 is 2.79 bits per heavy atom. The molecule has 6 heteroatoms. The molecule has 0 N–H and O–H groups in total. The molecule has 0 spiro atoms. The number of hydrogen-bond acceptors (Lipinski definition) is 3. The van der Waals surface area contributed by atoms with Gasteiger partial charge in [0, 0.05) is 22.9 Å². The van der Waals surface area contributed by atoms with Gasteiger partial charge in [-0.05, 0) is 56.4 Å². The Balaban J connectivity index is 1.67. The molecule has 2 aromatic carbocycles. The van der Waals surface area contributed by atoms with E-state index in [-0.39, 0.29) is 11.4 Å². The van der Waals surface area contributed by atoms with Crippen molar-refractivity contribution in [1.82, 2.24) is 9.55 Å². The van der Waals surface area contributed by atoms with Crippen molar-refractivity contribution in [3.8, 4) is 0 Å². The zero-order valence-electron chi connectivity index (χ0n) is 16.0. The number of hydrogen-bond donors (Lipinski definition) is 0. The molecule has 0 saturated carbocycles. The zero-order valence-corrected chi connectivity index (χ0v) is 17.6. The second kappa shape index (κ2) is 9.14. The van der Waals surface area contributed by atoms with E-state index in [0.717, 1.165) is 19.3 Å². The second-order valence-electron chi connectivity index (χ2n) is 7.22. The molecular weight excluding hydrogens is 407 g/mol. The first-order valence-electron chi connectivity index (χ1n) is 9.86. The lowest BCUT2D eigenvalue weighted by Crippen LogP contribution is -2.24. The lowest BCUT2D eigenvalue weighted by molar-refractivity contribution is 0.569. The SMILES string of the molecule is O=c1c2ccccc2nc(SCc2c(F)cccc2Cl)n1CCC1=CCCCC1. The van der Waals surface area contributed by atoms with Crippen molar-refractivity contribution < 1.29 is 4.39 Å². The van der Waals surface area contributed by atoms with Gasteiger partial charge < -0.3 is 0 Å². The summed E-state index contributed by atoms with van der Waals surface area (Å²) in [6.45, 7) is 0.579. The first-order chi connectivity index (χ1) is 14.1. The highest BCUT2D eigenvalue weighted by atomic mass is 35.5. The number of halogens is 2. The van der Waals surface area contributed by atoms with Crippen LogP contribution >= 0.6 is 23.4 Å². The van der Waals surface area contributed by atoms with Crippen molar-refractivity contribution in [1.29, 1.82) is 0 Å². The van der Waals surface area contributed by atoms with Crippen LogP contribution < -0.4 is 5.56 Å². The molecule has 0 bridgehead atoms. The molecule has 29 heavy (non-hydrogen) atoms. The average Bonchev–Trinajstić information content (AvgIpc) is 2.74. The van der Waals surface area contributed by atoms with Crippen LogP contribution in [0.25, 0.3) is 10.9 Å². The van der Waals surface area contributed by atoms with Crippen LogP contribution in [0, 0.1) is 5.82 Å². The summed E-state index contributed by atoms with van der Waals surface area (Å²) in [4.78, 5) is 17.9. The molecule has 0 unspecified atom stereocenters. The highest BCUT2D eigenvalue weighted by Gasteiger charge is 2.15. The number of para-hydroxylation sites is 1. The number of aromatic nitrogens is 2. The summed E-state index contributed by atoms with van der Waals surface area (Å²) in [5.41, 5.74) is 2.45. The Labute approximate surface area is 178 Å². The van der Waals surface area contributed by atoms with Gasteiger partial charge in [-0.3, -0.25) is 9.36 Å². The maximum Gasteiger partial charge on any atom is 0.262 e. The van der Waals surface area contributed by atoms with Crippen LogP contribution in [0.1, 0.15) is 37.7 Å². The maximum atomic E-state index is 14.2. The Bertz CT molecular complexity index is 1110. The quantitative estimate of drug-likeness (QED) is 0.260. The van der Waals surface area contributed by atoms with E-state index in [1.54, 1.807) is 16.7 Å². The summed E-state index contributed by atoms with van der Waals surface area (Å²) in [5.74, 6) is -0.0223. The minimum absolute atomic E-state index is 0.0471. The van der Waals surface area contributed by atoms with E-state index < -0.39 is 0 Å². The third-order valence-corrected chi connectivity index (χ3v) is 6.63. The third-order valence-electron chi connectivity index (χ3n) is 5.28. The molecule has 0 saturated heterocycles. The zero-order chi connectivity index (χ0) is 20.2. The molecule has 1 aliphatic rings. The van der Waals surface area contributed by atoms with E-state index in [1.807, 2.05) is 24.3 Å². The largest absolute Gasteiger partial charge is 0.287 e. The minimum Gasteiger partial charge on any atom is -0.287 e. The van der Waals surface area contributed by atoms with Crippen molar-refractivity contribution in [3.63, 3.8) is 0 Å². The van der Waals surface area contributed by atoms with Gasteiger partial charge >= 0.3 is 0 Å². The first-order valence-corrected chi connectivity index (χ1v) is 11.2. The number of thioether (sulfide) groups is 1. The summed E-state index contributed by atoms with van der Waals surface area (Å²) in [5, 5.41) is 1.60. The average molecular weight is 429 g/mol. The van der Waals surface area contributed by atoms with E-state index >= 15 is 0 Å². The van der Waals surface area contributed by atoms with E-state index in [9.17, 15) is 9.18 Å². The smallest absolute Gasteiger partial charge is 0.262 e. The number of benzene rings is 2. The predicted octanol–water partition coefficient (Wildman–Crippen LogP) is 6.37. The highest BCUT2D eigenvalue weighted by molar-refractivity contribution is 7.98. The molecule has 0 atom stereocenters. The topological polar surface area (TPSA) is 34.9 Å². The van der Waals surface area contributed by atoms with Gasteiger partial charge in [-0.1, -0.05) is 53.2 Å². The van der Waals surface area contributed by atoms with Gasteiger partial charge in [0.25, 0.3) is 5.56 Å². The van der Waals surface area contributed by atoms with Crippen molar-refractivity contribution in [2.75, 3.05) is 0 Å². The van der Waals surface area contributed by atoms with Crippen LogP contribution in [0.3, 0.4) is 0 Å². The molecule has 0 fully saturated rings. The Hall–Kier alpha value is -2.11. The monoisotopic (exact) mass is 428 g/mol. The van der Waals surface area contributed by atoms with Crippen LogP contribution in [0.5, 0.6) is 0 Å². The number of allylic oxidation sites excluding steroid dienone is 2. The summed E-state index contributed by atoms with van der Waals surface area (Å²) < 4.78 is 15.9. The molecule has 1 aromatic heterocycles. The number of fused-ring (bicyclic) bond motifs is 1. The molecule has 0 aliphatic heterocycles. The van der Waals surface area contributed by atoms with E-state index in [2.05, 4.69) is 6.08 Å². The summed E-state index contributed by atoms with van der Waals surface area (Å²) >= 11 is 7.53. The van der Waals surface area contributed by atoms with Crippen LogP contribution in [0.15, 0.2) is 64.1 Å². The standard InChI is InChI=1S/C23H22ClFN2OS/c24-19-10-6-11-20(25)18(19)15-29-23-26-21-12-5-4-9-17(21)22(28)27(23)14-13-16-7-2-1-3-8-16/h4-7,9-12H,1-3,8,13-15H2. The highest BCUT2D eigenvalue weighted by Crippen LogP contribution is 2.29. The summed E-state index contributed by atoms with van der Waals surface area (Å²) in [7, 11) is 0. The van der Waals surface area contributed by atoms with Crippen LogP contribution in [0.2, 0.25) is 5.02 Å². The first kappa shape index (κ1) is 20.2. The van der Waals surface area contributed by atoms with E-state index in [1.165, 1.54) is 36.2 Å². The molecule has 4 rings (SSSR count). The van der Waals surface area contributed by atoms with Gasteiger partial charge in [0.15, 0.2) is 5.16 Å². The Kier molecular flexibility index (Phi) is 6.36. The van der Waals surface area contributed by atoms with Crippen molar-refractivity contribution in [3.05, 3.63) is 80.9 Å². The van der Waals surface area contributed by atoms with Gasteiger partial charge in [-0.15, -0.1) is 0 Å². The van der Waals surface area contributed by atoms with Crippen molar-refractivity contribution in [2.24, 2.45) is 0 Å². The Morgan fingerprint density at radius 1 is 1.14 bits per heavy atom. The van der Waals surface area contributed by atoms with Crippen molar-refractivity contribution in [2.45, 2.75) is 49.6 Å². The molecule has 3 aromatic rings. The molecule has 3 nitrogen and oxygen atoms in total. The number of nitrogens with zero attached hydrogens (tertiary/aromatic N) is 2. The van der Waals surface area contributed by atoms with Gasteiger partial charge in [0.05, 0.1) is 10.9 Å². The number of rotatable bonds is 6. The Morgan fingerprint density at radius 2 is 2.00 bits per heavy atom. The molecule has 0 radical (unpaired) electrons. The summed E-state index contributed by atoms with van der Waals surface area (Å²) in [6, 6.07) is 12.0. The van der Waals surface area contributed by atoms with Crippen LogP contribution in [-0.2, 0) is 12.3 Å². The third kappa shape index (κ3) is 4.57. The van der Waals surface area contributed by atoms with Crippen molar-refractivity contribution >= 4 is 34.3 Å². The normalized spacial score (nSPS) is 14.2. The lowest BCUT2D eigenvalue weighted by Gasteiger charge is -2.16. The molecule has 1 heterocycles. The van der Waals surface area contributed by atoms with Crippen LogP contribution in [0.4, 0.5) is 4.39 Å². The fourth-order valence-electron chi connectivity index (χ4n) is 3.65. The maximum absolute atomic E-state index is 14.2. The molecule has 0 amide bonds. The fourth-order valence-corrected chi connectivity index (χ4v) is 5.02. The lowest BCUT2D eigenvalue weighted by atomic mass is 9.97. The fraction of sp³-hybridized carbons (Fsp3) is 0.304. The molecular formula is C23H22ClFN2OS. The van der Waals surface area contributed by atoms with Gasteiger partial charge in [0.1, 0.15) is 5.82 Å². The van der Waals surface area contributed by atoms with Crippen LogP contribution in [-0.4, -0.2) is 9.55 Å².